The molecule has 1 aromatic carbocycles. The molecule has 2 aromatic heterocycles. The molecular weight excluding hydrogens is 290 g/mol. The fourth-order valence-corrected chi connectivity index (χ4v) is 3.00. The van der Waals surface area contributed by atoms with Crippen molar-refractivity contribution in [2.24, 2.45) is 5.18 Å². The average Bonchev–Trinajstić information content (AvgIpc) is 2.90. The van der Waals surface area contributed by atoms with Gasteiger partial charge in [-0.1, -0.05) is 6.07 Å². The highest BCUT2D eigenvalue weighted by molar-refractivity contribution is 5.80. The molecule has 0 saturated heterocycles. The molecule has 23 heavy (non-hydrogen) atoms. The zero-order valence-corrected chi connectivity index (χ0v) is 13.7. The molecule has 2 heterocycles. The van der Waals surface area contributed by atoms with E-state index in [-0.39, 0.29) is 6.61 Å². The van der Waals surface area contributed by atoms with Crippen LogP contribution in [-0.4, -0.2) is 14.5 Å². The Labute approximate surface area is 134 Å². The monoisotopic (exact) mass is 309 g/mol. The van der Waals surface area contributed by atoms with Gasteiger partial charge >= 0.3 is 0 Å². The minimum Gasteiger partial charge on any atom is -0.392 e. The minimum atomic E-state index is -0.0653. The lowest BCUT2D eigenvalue weighted by molar-refractivity contribution is 0.282. The van der Waals surface area contributed by atoms with Crippen LogP contribution in [0.5, 0.6) is 0 Å². The Bertz CT molecular complexity index is 900. The molecule has 0 bridgehead atoms. The van der Waals surface area contributed by atoms with Gasteiger partial charge in [0.25, 0.3) is 0 Å². The molecular formula is C18H19N3O2. The number of fused-ring (bicyclic) bond motifs is 1. The summed E-state index contributed by atoms with van der Waals surface area (Å²) in [6.45, 7) is 8.12. The highest BCUT2D eigenvalue weighted by Crippen LogP contribution is 2.37. The molecule has 3 aromatic rings. The van der Waals surface area contributed by atoms with Gasteiger partial charge in [0.05, 0.1) is 6.61 Å². The van der Waals surface area contributed by atoms with Gasteiger partial charge < -0.3 is 5.11 Å². The van der Waals surface area contributed by atoms with Crippen LogP contribution in [-0.2, 0) is 6.61 Å². The van der Waals surface area contributed by atoms with Crippen molar-refractivity contribution in [3.63, 3.8) is 0 Å². The Morgan fingerprint density at radius 1 is 1.13 bits per heavy atom. The lowest BCUT2D eigenvalue weighted by Gasteiger charge is -2.13. The number of benzene rings is 1. The standard InChI is InChI=1S/C18H19N3O2/c1-10-7-11(2)13(4)16(12(10)3)17-18(20-23)21-6-5-14(9-22)8-15(21)19-17/h5-8,22H,9H2,1-4H3. The molecule has 3 rings (SSSR count). The molecule has 0 spiro atoms. The van der Waals surface area contributed by atoms with E-state index in [2.05, 4.69) is 30.1 Å². The van der Waals surface area contributed by atoms with E-state index in [1.54, 1.807) is 22.7 Å². The van der Waals surface area contributed by atoms with Crippen molar-refractivity contribution in [3.8, 4) is 11.3 Å². The number of aromatic nitrogens is 2. The number of aliphatic hydroxyl groups is 1. The molecule has 0 unspecified atom stereocenters. The highest BCUT2D eigenvalue weighted by atomic mass is 16.3. The summed E-state index contributed by atoms with van der Waals surface area (Å²) in [6.07, 6.45) is 1.72. The second kappa shape index (κ2) is 5.59. The number of hydrogen-bond donors (Lipinski definition) is 1. The van der Waals surface area contributed by atoms with E-state index in [1.807, 2.05) is 13.8 Å². The maximum atomic E-state index is 11.5. The van der Waals surface area contributed by atoms with E-state index < -0.39 is 0 Å². The highest BCUT2D eigenvalue weighted by Gasteiger charge is 2.20. The normalized spacial score (nSPS) is 11.2. The van der Waals surface area contributed by atoms with Crippen LogP contribution in [0.4, 0.5) is 5.82 Å². The number of aryl methyl sites for hydroxylation is 2. The Balaban J connectivity index is 2.39. The van der Waals surface area contributed by atoms with Crippen molar-refractivity contribution >= 4 is 11.5 Å². The van der Waals surface area contributed by atoms with E-state index >= 15 is 0 Å². The zero-order chi connectivity index (χ0) is 16.7. The summed E-state index contributed by atoms with van der Waals surface area (Å²) in [6, 6.07) is 5.67. The maximum Gasteiger partial charge on any atom is 0.209 e. The lowest BCUT2D eigenvalue weighted by atomic mass is 9.92. The third-order valence-electron chi connectivity index (χ3n) is 4.54. The third-order valence-corrected chi connectivity index (χ3v) is 4.54. The summed E-state index contributed by atoms with van der Waals surface area (Å²) in [5.74, 6) is 0.292. The largest absolute Gasteiger partial charge is 0.392 e. The van der Waals surface area contributed by atoms with Crippen LogP contribution < -0.4 is 0 Å². The van der Waals surface area contributed by atoms with E-state index in [4.69, 9.17) is 0 Å². The van der Waals surface area contributed by atoms with Crippen LogP contribution in [0.25, 0.3) is 16.9 Å². The summed E-state index contributed by atoms with van der Waals surface area (Å²) in [5.41, 5.74) is 7.44. The number of hydrogen-bond acceptors (Lipinski definition) is 4. The van der Waals surface area contributed by atoms with Crippen molar-refractivity contribution in [3.05, 3.63) is 57.1 Å². The van der Waals surface area contributed by atoms with Crippen molar-refractivity contribution in [1.29, 1.82) is 0 Å². The van der Waals surface area contributed by atoms with Gasteiger partial charge in [-0.2, -0.15) is 0 Å². The van der Waals surface area contributed by atoms with E-state index in [1.165, 1.54) is 0 Å². The number of rotatable bonds is 3. The number of nitroso groups, excluding NO2 is 1. The fraction of sp³-hybridized carbons (Fsp3) is 0.278. The van der Waals surface area contributed by atoms with Gasteiger partial charge in [0.2, 0.25) is 5.82 Å². The second-order valence-corrected chi connectivity index (χ2v) is 5.93. The first kappa shape index (κ1) is 15.4. The molecule has 0 aliphatic carbocycles. The molecule has 0 atom stereocenters. The quantitative estimate of drug-likeness (QED) is 0.740. The van der Waals surface area contributed by atoms with Crippen LogP contribution in [0.3, 0.4) is 0 Å². The fourth-order valence-electron chi connectivity index (χ4n) is 3.00. The van der Waals surface area contributed by atoms with Crippen LogP contribution in [0.2, 0.25) is 0 Å². The van der Waals surface area contributed by atoms with Gasteiger partial charge in [-0.25, -0.2) is 4.98 Å². The van der Waals surface area contributed by atoms with E-state index in [0.29, 0.717) is 17.2 Å². The summed E-state index contributed by atoms with van der Waals surface area (Å²) < 4.78 is 1.66. The molecule has 5 nitrogen and oxygen atoms in total. The second-order valence-electron chi connectivity index (χ2n) is 5.93. The van der Waals surface area contributed by atoms with Crippen molar-refractivity contribution < 1.29 is 5.11 Å². The molecule has 0 radical (unpaired) electrons. The molecule has 0 aliphatic rings. The smallest absolute Gasteiger partial charge is 0.209 e. The lowest BCUT2D eigenvalue weighted by Crippen LogP contribution is -1.95. The Morgan fingerprint density at radius 3 is 2.35 bits per heavy atom. The maximum absolute atomic E-state index is 11.5. The molecule has 5 heteroatoms. The Morgan fingerprint density at radius 2 is 1.78 bits per heavy atom. The van der Waals surface area contributed by atoms with E-state index in [9.17, 15) is 10.0 Å². The molecule has 0 amide bonds. The first-order valence-corrected chi connectivity index (χ1v) is 7.51. The van der Waals surface area contributed by atoms with Gasteiger partial charge in [0.15, 0.2) is 0 Å². The van der Waals surface area contributed by atoms with Gasteiger partial charge in [-0.05, 0) is 72.8 Å². The van der Waals surface area contributed by atoms with Gasteiger partial charge in [0, 0.05) is 11.8 Å². The number of imidazole rings is 1. The van der Waals surface area contributed by atoms with Crippen LogP contribution in [0.1, 0.15) is 27.8 Å². The van der Waals surface area contributed by atoms with E-state index in [0.717, 1.165) is 33.4 Å². The third kappa shape index (κ3) is 2.33. The van der Waals surface area contributed by atoms with Crippen molar-refractivity contribution in [1.82, 2.24) is 9.38 Å². The molecule has 0 fully saturated rings. The first-order chi connectivity index (χ1) is 11.0. The first-order valence-electron chi connectivity index (χ1n) is 7.51. The van der Waals surface area contributed by atoms with Gasteiger partial charge in [0.1, 0.15) is 11.3 Å². The van der Waals surface area contributed by atoms with Crippen LogP contribution in [0.15, 0.2) is 29.6 Å². The number of aliphatic hydroxyl groups excluding tert-OH is 1. The summed E-state index contributed by atoms with van der Waals surface area (Å²) in [5, 5.41) is 12.5. The molecule has 0 saturated carbocycles. The predicted octanol–water partition coefficient (Wildman–Crippen LogP) is 4.13. The van der Waals surface area contributed by atoms with Crippen molar-refractivity contribution in [2.45, 2.75) is 34.3 Å². The molecule has 1 N–H and O–H groups in total. The van der Waals surface area contributed by atoms with Crippen molar-refractivity contribution in [2.75, 3.05) is 0 Å². The molecule has 0 aliphatic heterocycles. The molecule has 118 valence electrons. The number of nitrogens with zero attached hydrogens (tertiary/aromatic N) is 3. The Hall–Kier alpha value is -2.53. The van der Waals surface area contributed by atoms with Gasteiger partial charge in [-0.3, -0.25) is 4.40 Å². The average molecular weight is 309 g/mol. The Kier molecular flexibility index (Phi) is 3.74. The number of pyridine rings is 1. The van der Waals surface area contributed by atoms with Crippen LogP contribution >= 0.6 is 0 Å². The van der Waals surface area contributed by atoms with Gasteiger partial charge in [-0.15, -0.1) is 4.91 Å². The summed E-state index contributed by atoms with van der Waals surface area (Å²) in [7, 11) is 0. The minimum absolute atomic E-state index is 0.0653. The predicted molar refractivity (Wildman–Crippen MR) is 91.0 cm³/mol. The van der Waals surface area contributed by atoms with Crippen LogP contribution in [0, 0.1) is 32.6 Å². The summed E-state index contributed by atoms with van der Waals surface area (Å²) in [4.78, 5) is 16.1. The summed E-state index contributed by atoms with van der Waals surface area (Å²) >= 11 is 0. The SMILES string of the molecule is Cc1cc(C)c(C)c(-c2nc3cc(CO)ccn3c2N=O)c1C. The zero-order valence-electron chi connectivity index (χ0n) is 13.7. The topological polar surface area (TPSA) is 67.0 Å².